The van der Waals surface area contributed by atoms with E-state index < -0.39 is 0 Å². The molecule has 4 N–H and O–H groups in total. The summed E-state index contributed by atoms with van der Waals surface area (Å²) in [5.74, 6) is 6.46. The highest BCUT2D eigenvalue weighted by Crippen LogP contribution is 2.24. The van der Waals surface area contributed by atoms with Crippen molar-refractivity contribution in [3.63, 3.8) is 0 Å². The molecule has 2 heterocycles. The number of anilines is 2. The number of nitrogen functional groups attached to an aromatic ring is 1. The smallest absolute Gasteiger partial charge is 0.242 e. The maximum atomic E-state index is 11.7. The zero-order valence-corrected chi connectivity index (χ0v) is 9.68. The Kier molecular flexibility index (Phi) is 3.38. The van der Waals surface area contributed by atoms with Gasteiger partial charge in [0.25, 0.3) is 0 Å². The third-order valence-electron chi connectivity index (χ3n) is 2.87. The van der Waals surface area contributed by atoms with Gasteiger partial charge in [-0.3, -0.25) is 9.78 Å². The van der Waals surface area contributed by atoms with Gasteiger partial charge in [-0.25, -0.2) is 10.8 Å². The molecule has 1 fully saturated rings. The summed E-state index contributed by atoms with van der Waals surface area (Å²) in [6, 6.07) is -0.165. The Bertz CT molecular complexity index is 410. The lowest BCUT2D eigenvalue weighted by atomic mass is 10.2. The summed E-state index contributed by atoms with van der Waals surface area (Å²) >= 11 is 0. The van der Waals surface area contributed by atoms with Crippen LogP contribution in [0.5, 0.6) is 0 Å². The van der Waals surface area contributed by atoms with Gasteiger partial charge in [-0.05, 0) is 12.8 Å². The Morgan fingerprint density at radius 3 is 3.12 bits per heavy atom. The third kappa shape index (κ3) is 2.28. The largest absolute Gasteiger partial charge is 0.357 e. The van der Waals surface area contributed by atoms with Crippen molar-refractivity contribution in [2.45, 2.75) is 18.9 Å². The third-order valence-corrected chi connectivity index (χ3v) is 2.87. The van der Waals surface area contributed by atoms with Gasteiger partial charge in [0, 0.05) is 13.6 Å². The topological polar surface area (TPSA) is 96.2 Å². The molecule has 0 radical (unpaired) electrons. The van der Waals surface area contributed by atoms with Crippen molar-refractivity contribution >= 4 is 17.5 Å². The number of nitrogens with one attached hydrogen (secondary N) is 2. The number of hydrogen-bond acceptors (Lipinski definition) is 6. The van der Waals surface area contributed by atoms with Crippen LogP contribution in [0.4, 0.5) is 11.6 Å². The molecule has 1 aliphatic heterocycles. The van der Waals surface area contributed by atoms with Crippen molar-refractivity contribution in [3.8, 4) is 0 Å². The highest BCUT2D eigenvalue weighted by Gasteiger charge is 2.31. The van der Waals surface area contributed by atoms with Crippen LogP contribution in [0.1, 0.15) is 12.8 Å². The van der Waals surface area contributed by atoms with Gasteiger partial charge in [0.05, 0.1) is 12.4 Å². The Balaban J connectivity index is 2.22. The molecule has 7 nitrogen and oxygen atoms in total. The highest BCUT2D eigenvalue weighted by molar-refractivity contribution is 5.85. The quantitative estimate of drug-likeness (QED) is 0.482. The van der Waals surface area contributed by atoms with Crippen LogP contribution < -0.4 is 21.5 Å². The van der Waals surface area contributed by atoms with Crippen molar-refractivity contribution in [1.82, 2.24) is 15.3 Å². The number of hydrazine groups is 1. The molecule has 1 aliphatic rings. The Morgan fingerprint density at radius 1 is 1.59 bits per heavy atom. The number of nitrogens with two attached hydrogens (primary N) is 1. The van der Waals surface area contributed by atoms with Crippen LogP contribution in [0.2, 0.25) is 0 Å². The predicted octanol–water partition coefficient (Wildman–Crippen LogP) is -0.523. The molecule has 1 aromatic heterocycles. The summed E-state index contributed by atoms with van der Waals surface area (Å²) in [4.78, 5) is 22.0. The van der Waals surface area contributed by atoms with Crippen molar-refractivity contribution < 1.29 is 4.79 Å². The van der Waals surface area contributed by atoms with Crippen LogP contribution >= 0.6 is 0 Å². The van der Waals surface area contributed by atoms with Crippen molar-refractivity contribution in [3.05, 3.63) is 12.4 Å². The normalized spacial score (nSPS) is 19.2. The SMILES string of the molecule is CNC(=O)C1CCCN1c1cncc(NN)n1. The molecule has 1 aromatic rings. The Morgan fingerprint density at radius 2 is 2.41 bits per heavy atom. The molecule has 0 spiro atoms. The fourth-order valence-electron chi connectivity index (χ4n) is 2.04. The zero-order chi connectivity index (χ0) is 12.3. The molecule has 0 saturated carbocycles. The molecule has 1 amide bonds. The first-order valence-electron chi connectivity index (χ1n) is 5.53. The van der Waals surface area contributed by atoms with Gasteiger partial charge in [-0.1, -0.05) is 0 Å². The van der Waals surface area contributed by atoms with Crippen LogP contribution in [0.25, 0.3) is 0 Å². The van der Waals surface area contributed by atoms with Crippen molar-refractivity contribution in [2.75, 3.05) is 23.9 Å². The maximum absolute atomic E-state index is 11.7. The minimum atomic E-state index is -0.165. The van der Waals surface area contributed by atoms with Gasteiger partial charge in [0.15, 0.2) is 5.82 Å². The van der Waals surface area contributed by atoms with E-state index in [1.807, 2.05) is 4.90 Å². The molecule has 7 heteroatoms. The fourth-order valence-corrected chi connectivity index (χ4v) is 2.04. The Labute approximate surface area is 99.4 Å². The first-order chi connectivity index (χ1) is 8.26. The van der Waals surface area contributed by atoms with E-state index in [1.165, 1.54) is 6.20 Å². The molecule has 1 unspecified atom stereocenters. The van der Waals surface area contributed by atoms with Gasteiger partial charge in [0.2, 0.25) is 5.91 Å². The number of likely N-dealkylation sites (N-methyl/N-ethyl adjacent to an activating group) is 1. The lowest BCUT2D eigenvalue weighted by Crippen LogP contribution is -2.42. The second-order valence-electron chi connectivity index (χ2n) is 3.87. The van der Waals surface area contributed by atoms with Gasteiger partial charge >= 0.3 is 0 Å². The number of carbonyl (C=O) groups is 1. The van der Waals surface area contributed by atoms with Crippen LogP contribution in [0.3, 0.4) is 0 Å². The minimum Gasteiger partial charge on any atom is -0.357 e. The molecular weight excluding hydrogens is 220 g/mol. The van der Waals surface area contributed by atoms with E-state index >= 15 is 0 Å². The van der Waals surface area contributed by atoms with Crippen LogP contribution in [0, 0.1) is 0 Å². The average Bonchev–Trinajstić information content (AvgIpc) is 2.87. The molecule has 2 rings (SSSR count). The average molecular weight is 236 g/mol. The number of nitrogens with zero attached hydrogens (tertiary/aromatic N) is 3. The monoisotopic (exact) mass is 236 g/mol. The Hall–Kier alpha value is -1.89. The van der Waals surface area contributed by atoms with Crippen LogP contribution in [-0.2, 0) is 4.79 Å². The van der Waals surface area contributed by atoms with E-state index in [0.717, 1.165) is 19.4 Å². The first-order valence-corrected chi connectivity index (χ1v) is 5.53. The summed E-state index contributed by atoms with van der Waals surface area (Å²) in [6.45, 7) is 0.806. The first kappa shape index (κ1) is 11.6. The highest BCUT2D eigenvalue weighted by atomic mass is 16.2. The van der Waals surface area contributed by atoms with Gasteiger partial charge < -0.3 is 15.6 Å². The van der Waals surface area contributed by atoms with Gasteiger partial charge in [-0.15, -0.1) is 0 Å². The molecule has 92 valence electrons. The van der Waals surface area contributed by atoms with E-state index in [0.29, 0.717) is 11.6 Å². The maximum Gasteiger partial charge on any atom is 0.242 e. The molecule has 17 heavy (non-hydrogen) atoms. The second-order valence-corrected chi connectivity index (χ2v) is 3.87. The molecule has 1 saturated heterocycles. The van der Waals surface area contributed by atoms with E-state index in [1.54, 1.807) is 13.2 Å². The molecular formula is C10H16N6O. The standard InChI is InChI=1S/C10H16N6O/c1-12-10(17)7-3-2-4-16(7)9-6-13-5-8(14-9)15-11/h5-7H,2-4,11H2,1H3,(H,12,17)(H,14,15). The number of hydrogen-bond donors (Lipinski definition) is 3. The molecule has 1 atom stereocenters. The lowest BCUT2D eigenvalue weighted by molar-refractivity contribution is -0.121. The summed E-state index contributed by atoms with van der Waals surface area (Å²) < 4.78 is 0. The second kappa shape index (κ2) is 4.96. The number of aromatic nitrogens is 2. The van der Waals surface area contributed by atoms with Crippen LogP contribution in [0.15, 0.2) is 12.4 Å². The van der Waals surface area contributed by atoms with E-state index in [2.05, 4.69) is 20.7 Å². The summed E-state index contributed by atoms with van der Waals surface area (Å²) in [5, 5.41) is 2.67. The lowest BCUT2D eigenvalue weighted by Gasteiger charge is -2.24. The number of amides is 1. The molecule has 0 bridgehead atoms. The van der Waals surface area contributed by atoms with E-state index in [4.69, 9.17) is 5.84 Å². The van der Waals surface area contributed by atoms with Crippen molar-refractivity contribution in [2.24, 2.45) is 5.84 Å². The zero-order valence-electron chi connectivity index (χ0n) is 9.68. The summed E-state index contributed by atoms with van der Waals surface area (Å²) in [6.07, 6.45) is 4.98. The summed E-state index contributed by atoms with van der Waals surface area (Å²) in [7, 11) is 1.64. The van der Waals surface area contributed by atoms with Crippen molar-refractivity contribution in [1.29, 1.82) is 0 Å². The fraction of sp³-hybridized carbons (Fsp3) is 0.500. The van der Waals surface area contributed by atoms with Crippen LogP contribution in [-0.4, -0.2) is 35.5 Å². The predicted molar refractivity (Wildman–Crippen MR) is 64.3 cm³/mol. The molecule has 0 aromatic carbocycles. The van der Waals surface area contributed by atoms with Gasteiger partial charge in [0.1, 0.15) is 11.9 Å². The minimum absolute atomic E-state index is 0.00964. The summed E-state index contributed by atoms with van der Waals surface area (Å²) in [5.41, 5.74) is 2.45. The van der Waals surface area contributed by atoms with E-state index in [9.17, 15) is 4.79 Å². The van der Waals surface area contributed by atoms with E-state index in [-0.39, 0.29) is 11.9 Å². The number of carbonyl (C=O) groups excluding carboxylic acids is 1. The number of rotatable bonds is 3. The molecule has 0 aliphatic carbocycles. The van der Waals surface area contributed by atoms with Gasteiger partial charge in [-0.2, -0.15) is 0 Å².